The van der Waals surface area contributed by atoms with Gasteiger partial charge in [0.1, 0.15) is 5.69 Å². The van der Waals surface area contributed by atoms with Crippen molar-refractivity contribution in [1.29, 1.82) is 0 Å². The van der Waals surface area contributed by atoms with Gasteiger partial charge in [0.2, 0.25) is 0 Å². The number of aliphatic hydroxyl groups excluding tert-OH is 2. The number of aliphatic hydroxyl groups is 2. The van der Waals surface area contributed by atoms with Crippen molar-refractivity contribution in [1.82, 2.24) is 15.5 Å². The van der Waals surface area contributed by atoms with Gasteiger partial charge >= 0.3 is 5.97 Å². The van der Waals surface area contributed by atoms with Gasteiger partial charge in [0.15, 0.2) is 6.10 Å². The zero-order chi connectivity index (χ0) is 21.5. The molecule has 30 heavy (non-hydrogen) atoms. The first kappa shape index (κ1) is 21.2. The van der Waals surface area contributed by atoms with E-state index in [-0.39, 0.29) is 18.7 Å². The van der Waals surface area contributed by atoms with E-state index in [1.165, 1.54) is 6.07 Å². The van der Waals surface area contributed by atoms with Crippen LogP contribution in [0.2, 0.25) is 0 Å². The fourth-order valence-electron chi connectivity index (χ4n) is 3.13. The molecule has 1 aromatic heterocycles. The van der Waals surface area contributed by atoms with Gasteiger partial charge in [0, 0.05) is 12.5 Å². The molecular formula is C22H23N3O5. The molecular weight excluding hydrogens is 386 g/mol. The number of H-pyrrole nitrogens is 1. The first-order chi connectivity index (χ1) is 14.5. The first-order valence-corrected chi connectivity index (χ1v) is 9.47. The molecule has 2 aromatic carbocycles. The van der Waals surface area contributed by atoms with Crippen molar-refractivity contribution in [2.75, 3.05) is 0 Å². The highest BCUT2D eigenvalue weighted by atomic mass is 16.4. The van der Waals surface area contributed by atoms with Crippen LogP contribution in [-0.2, 0) is 17.8 Å². The molecule has 0 radical (unpaired) electrons. The van der Waals surface area contributed by atoms with Gasteiger partial charge in [0.05, 0.1) is 12.3 Å². The fourth-order valence-corrected chi connectivity index (χ4v) is 3.13. The Morgan fingerprint density at radius 2 is 1.70 bits per heavy atom. The van der Waals surface area contributed by atoms with E-state index in [4.69, 9.17) is 10.2 Å². The minimum absolute atomic E-state index is 0.0771. The van der Waals surface area contributed by atoms with E-state index in [1.54, 1.807) is 0 Å². The molecule has 0 saturated carbocycles. The molecule has 3 aromatic rings. The van der Waals surface area contributed by atoms with Crippen molar-refractivity contribution >= 4 is 11.9 Å². The number of carboxylic acid groups (broad SMARTS) is 1. The molecule has 3 rings (SSSR count). The number of aliphatic carboxylic acids is 1. The third kappa shape index (κ3) is 5.53. The Morgan fingerprint density at radius 1 is 1.03 bits per heavy atom. The lowest BCUT2D eigenvalue weighted by atomic mass is 9.97. The zero-order valence-electron chi connectivity index (χ0n) is 16.2. The zero-order valence-corrected chi connectivity index (χ0v) is 16.2. The highest BCUT2D eigenvalue weighted by molar-refractivity contribution is 5.92. The lowest BCUT2D eigenvalue weighted by molar-refractivity contribution is -0.147. The van der Waals surface area contributed by atoms with Crippen LogP contribution in [0, 0.1) is 0 Å². The summed E-state index contributed by atoms with van der Waals surface area (Å²) in [6.07, 6.45) is -1.42. The van der Waals surface area contributed by atoms with Crippen LogP contribution in [0.3, 0.4) is 0 Å². The van der Waals surface area contributed by atoms with Crippen LogP contribution in [-0.4, -0.2) is 49.5 Å². The van der Waals surface area contributed by atoms with Gasteiger partial charge in [-0.15, -0.1) is 0 Å². The minimum atomic E-state index is -1.61. The van der Waals surface area contributed by atoms with E-state index >= 15 is 0 Å². The first-order valence-electron chi connectivity index (χ1n) is 9.47. The van der Waals surface area contributed by atoms with Crippen molar-refractivity contribution in [3.05, 3.63) is 77.6 Å². The Bertz CT molecular complexity index is 986. The number of carbonyl (C=O) groups is 2. The monoisotopic (exact) mass is 409 g/mol. The number of rotatable bonds is 9. The summed E-state index contributed by atoms with van der Waals surface area (Å²) in [5, 5.41) is 37.0. The summed E-state index contributed by atoms with van der Waals surface area (Å²) in [7, 11) is 0. The molecule has 0 aliphatic rings. The lowest BCUT2D eigenvalue weighted by Gasteiger charge is -2.20. The highest BCUT2D eigenvalue weighted by Crippen LogP contribution is 2.20. The second-order valence-corrected chi connectivity index (χ2v) is 6.96. The van der Waals surface area contributed by atoms with Gasteiger partial charge in [-0.1, -0.05) is 54.6 Å². The third-order valence-corrected chi connectivity index (χ3v) is 4.71. The van der Waals surface area contributed by atoms with Crippen LogP contribution in [0.4, 0.5) is 0 Å². The smallest absolute Gasteiger partial charge is 0.332 e. The largest absolute Gasteiger partial charge is 0.479 e. The van der Waals surface area contributed by atoms with Gasteiger partial charge in [0.25, 0.3) is 5.91 Å². The van der Waals surface area contributed by atoms with Crippen molar-refractivity contribution in [2.45, 2.75) is 31.6 Å². The fraction of sp³-hybridized carbons (Fsp3) is 0.227. The Hall–Kier alpha value is -3.49. The maximum absolute atomic E-state index is 12.5. The molecule has 0 spiro atoms. The van der Waals surface area contributed by atoms with Crippen LogP contribution in [0.15, 0.2) is 60.7 Å². The summed E-state index contributed by atoms with van der Waals surface area (Å²) in [5.41, 5.74) is 3.47. The number of nitrogens with zero attached hydrogens (tertiary/aromatic N) is 1. The summed E-state index contributed by atoms with van der Waals surface area (Å²) < 4.78 is 0. The molecule has 0 aliphatic carbocycles. The Labute approximate surface area is 173 Å². The summed E-state index contributed by atoms with van der Waals surface area (Å²) in [4.78, 5) is 23.5. The highest BCUT2D eigenvalue weighted by Gasteiger charge is 2.23. The van der Waals surface area contributed by atoms with Crippen molar-refractivity contribution in [3.8, 4) is 11.1 Å². The molecule has 0 saturated heterocycles. The number of carboxylic acids is 1. The van der Waals surface area contributed by atoms with Crippen molar-refractivity contribution in [3.63, 3.8) is 0 Å². The van der Waals surface area contributed by atoms with E-state index in [9.17, 15) is 14.7 Å². The number of aromatic amines is 1. The van der Waals surface area contributed by atoms with E-state index in [1.807, 2.05) is 54.6 Å². The van der Waals surface area contributed by atoms with Gasteiger partial charge in [-0.3, -0.25) is 9.89 Å². The van der Waals surface area contributed by atoms with E-state index in [0.29, 0.717) is 12.1 Å². The number of carbonyl (C=O) groups excluding carboxylic acids is 1. The van der Waals surface area contributed by atoms with Crippen LogP contribution in [0.25, 0.3) is 11.1 Å². The molecule has 156 valence electrons. The predicted molar refractivity (Wildman–Crippen MR) is 110 cm³/mol. The molecule has 1 amide bonds. The minimum Gasteiger partial charge on any atom is -0.479 e. The van der Waals surface area contributed by atoms with Gasteiger partial charge in [-0.05, 0) is 29.2 Å². The van der Waals surface area contributed by atoms with Crippen LogP contribution in [0.5, 0.6) is 0 Å². The summed E-state index contributed by atoms with van der Waals surface area (Å²) in [6, 6.07) is 18.4. The second kappa shape index (κ2) is 9.82. The number of aromatic nitrogens is 2. The normalized spacial score (nSPS) is 12.9. The maximum atomic E-state index is 12.5. The van der Waals surface area contributed by atoms with E-state index in [2.05, 4.69) is 15.5 Å². The standard InChI is InChI=1S/C22H23N3O5/c26-13-18-11-19(25-24-18)21(28)23-17(12-20(27)22(29)30)10-14-6-8-16(9-7-14)15-4-2-1-3-5-15/h1-9,11,17,20,26-27H,10,12-13H2,(H,23,28)(H,24,25)(H,29,30)/t17-,20-/m1/s1. The lowest BCUT2D eigenvalue weighted by Crippen LogP contribution is -2.40. The number of amides is 1. The molecule has 1 heterocycles. The molecule has 0 fully saturated rings. The second-order valence-electron chi connectivity index (χ2n) is 6.96. The van der Waals surface area contributed by atoms with Crippen molar-refractivity contribution < 1.29 is 24.9 Å². The number of nitrogens with one attached hydrogen (secondary N) is 2. The van der Waals surface area contributed by atoms with Gasteiger partial charge < -0.3 is 20.6 Å². The SMILES string of the molecule is O=C(N[C@H](Cc1ccc(-c2ccccc2)cc1)C[C@@H](O)C(=O)O)c1cc(CO)[nH]n1. The topological polar surface area (TPSA) is 136 Å². The average molecular weight is 409 g/mol. The molecule has 2 atom stereocenters. The third-order valence-electron chi connectivity index (χ3n) is 4.71. The predicted octanol–water partition coefficient (Wildman–Crippen LogP) is 1.75. The molecule has 8 nitrogen and oxygen atoms in total. The van der Waals surface area contributed by atoms with E-state index < -0.39 is 24.0 Å². The van der Waals surface area contributed by atoms with E-state index in [0.717, 1.165) is 16.7 Å². The molecule has 8 heteroatoms. The summed E-state index contributed by atoms with van der Waals surface area (Å²) in [5.74, 6) is -1.87. The number of hydrogen-bond acceptors (Lipinski definition) is 5. The van der Waals surface area contributed by atoms with Crippen molar-refractivity contribution in [2.24, 2.45) is 0 Å². The Morgan fingerprint density at radius 3 is 2.30 bits per heavy atom. The van der Waals surface area contributed by atoms with Crippen LogP contribution >= 0.6 is 0 Å². The number of benzene rings is 2. The Kier molecular flexibility index (Phi) is 6.95. The molecule has 0 aliphatic heterocycles. The Balaban J connectivity index is 1.73. The van der Waals surface area contributed by atoms with Gasteiger partial charge in [-0.25, -0.2) is 4.79 Å². The van der Waals surface area contributed by atoms with Gasteiger partial charge in [-0.2, -0.15) is 5.10 Å². The quantitative estimate of drug-likeness (QED) is 0.365. The average Bonchev–Trinajstić information content (AvgIpc) is 3.24. The van der Waals surface area contributed by atoms with Crippen LogP contribution < -0.4 is 5.32 Å². The molecule has 0 bridgehead atoms. The molecule has 0 unspecified atom stereocenters. The number of hydrogen-bond donors (Lipinski definition) is 5. The maximum Gasteiger partial charge on any atom is 0.332 e. The summed E-state index contributed by atoms with van der Waals surface area (Å²) in [6.45, 7) is -0.283. The van der Waals surface area contributed by atoms with Crippen LogP contribution in [0.1, 0.15) is 28.2 Å². The summed E-state index contributed by atoms with van der Waals surface area (Å²) >= 11 is 0. The molecule has 5 N–H and O–H groups in total.